The van der Waals surface area contributed by atoms with E-state index in [0.29, 0.717) is 17.9 Å². The van der Waals surface area contributed by atoms with Crippen molar-refractivity contribution < 1.29 is 27.1 Å². The van der Waals surface area contributed by atoms with Crippen LogP contribution < -0.4 is 4.72 Å². The first-order chi connectivity index (χ1) is 9.27. The van der Waals surface area contributed by atoms with Crippen LogP contribution in [0.1, 0.15) is 6.42 Å². The van der Waals surface area contributed by atoms with Crippen molar-refractivity contribution in [3.8, 4) is 0 Å². The number of thioether (sulfide) groups is 1. The van der Waals surface area contributed by atoms with E-state index in [1.807, 2.05) is 4.72 Å². The number of hydrogen-bond acceptors (Lipinski definition) is 4. The van der Waals surface area contributed by atoms with E-state index in [1.165, 1.54) is 11.8 Å². The highest BCUT2D eigenvalue weighted by Crippen LogP contribution is 2.16. The van der Waals surface area contributed by atoms with E-state index in [9.17, 15) is 22.0 Å². The summed E-state index contributed by atoms with van der Waals surface area (Å²) in [5, 5.41) is 8.93. The molecule has 0 aliphatic heterocycles. The van der Waals surface area contributed by atoms with Crippen molar-refractivity contribution in [2.45, 2.75) is 17.4 Å². The molecule has 1 atom stereocenters. The topological polar surface area (TPSA) is 83.5 Å². The van der Waals surface area contributed by atoms with Crippen molar-refractivity contribution in [1.29, 1.82) is 0 Å². The number of aliphatic carboxylic acids is 1. The van der Waals surface area contributed by atoms with Crippen LogP contribution in [0, 0.1) is 11.6 Å². The normalized spacial score (nSPS) is 13.2. The monoisotopic (exact) mass is 325 g/mol. The first kappa shape index (κ1) is 16.9. The number of carbonyl (C=O) groups is 1. The van der Waals surface area contributed by atoms with Gasteiger partial charge in [-0.15, -0.1) is 0 Å². The molecular weight excluding hydrogens is 312 g/mol. The Morgan fingerprint density at radius 1 is 1.45 bits per heavy atom. The quantitative estimate of drug-likeness (QED) is 0.793. The van der Waals surface area contributed by atoms with Crippen molar-refractivity contribution >= 4 is 27.8 Å². The Kier molecular flexibility index (Phi) is 5.90. The van der Waals surface area contributed by atoms with E-state index < -0.39 is 38.6 Å². The molecule has 9 heteroatoms. The number of hydrogen-bond donors (Lipinski definition) is 2. The Hall–Kier alpha value is -1.19. The van der Waals surface area contributed by atoms with Crippen LogP contribution in [0.3, 0.4) is 0 Å². The van der Waals surface area contributed by atoms with E-state index in [-0.39, 0.29) is 6.42 Å². The minimum absolute atomic E-state index is 0.0344. The third kappa shape index (κ3) is 4.43. The molecule has 0 saturated carbocycles. The lowest BCUT2D eigenvalue weighted by molar-refractivity contribution is -0.139. The molecule has 20 heavy (non-hydrogen) atoms. The maximum atomic E-state index is 13.4. The van der Waals surface area contributed by atoms with Crippen molar-refractivity contribution in [2.24, 2.45) is 0 Å². The molecule has 1 aromatic rings. The molecule has 0 saturated heterocycles. The zero-order valence-corrected chi connectivity index (χ0v) is 12.1. The van der Waals surface area contributed by atoms with Crippen LogP contribution >= 0.6 is 11.8 Å². The fourth-order valence-corrected chi connectivity index (χ4v) is 3.19. The number of carboxylic acids is 1. The van der Waals surface area contributed by atoms with Crippen LogP contribution in [0.25, 0.3) is 0 Å². The SMILES string of the molecule is CSCC[C@H](NS(=O)(=O)c1cc(F)ccc1F)C(=O)O. The predicted octanol–water partition coefficient (Wildman–Crippen LogP) is 1.45. The average molecular weight is 325 g/mol. The number of benzene rings is 1. The van der Waals surface area contributed by atoms with Crippen molar-refractivity contribution in [3.63, 3.8) is 0 Å². The van der Waals surface area contributed by atoms with Gasteiger partial charge in [-0.3, -0.25) is 4.79 Å². The van der Waals surface area contributed by atoms with E-state index in [4.69, 9.17) is 5.11 Å². The maximum absolute atomic E-state index is 13.4. The third-order valence-corrected chi connectivity index (χ3v) is 4.52. The molecule has 0 heterocycles. The largest absolute Gasteiger partial charge is 0.480 e. The molecule has 2 N–H and O–H groups in total. The number of sulfonamides is 1. The van der Waals surface area contributed by atoms with Crippen molar-refractivity contribution in [1.82, 2.24) is 4.72 Å². The van der Waals surface area contributed by atoms with Gasteiger partial charge in [-0.2, -0.15) is 16.5 Å². The Morgan fingerprint density at radius 3 is 2.65 bits per heavy atom. The first-order valence-corrected chi connectivity index (χ1v) is 8.34. The van der Waals surface area contributed by atoms with E-state index >= 15 is 0 Å². The van der Waals surface area contributed by atoms with Crippen LogP contribution in [-0.2, 0) is 14.8 Å². The molecule has 0 aliphatic carbocycles. The molecule has 0 spiro atoms. The third-order valence-electron chi connectivity index (χ3n) is 2.39. The summed E-state index contributed by atoms with van der Waals surface area (Å²) in [6.07, 6.45) is 1.77. The molecule has 0 amide bonds. The van der Waals surface area contributed by atoms with Crippen LogP contribution in [0.2, 0.25) is 0 Å². The Bertz CT molecular complexity index is 592. The summed E-state index contributed by atoms with van der Waals surface area (Å²) in [5.41, 5.74) is 0. The highest BCUT2D eigenvalue weighted by molar-refractivity contribution is 7.98. The molecule has 0 fully saturated rings. The lowest BCUT2D eigenvalue weighted by Crippen LogP contribution is -2.41. The molecule has 1 aromatic carbocycles. The number of nitrogens with one attached hydrogen (secondary N) is 1. The Labute approximate surface area is 119 Å². The number of rotatable bonds is 7. The van der Waals surface area contributed by atoms with Gasteiger partial charge in [0, 0.05) is 0 Å². The highest BCUT2D eigenvalue weighted by Gasteiger charge is 2.27. The van der Waals surface area contributed by atoms with Gasteiger partial charge in [-0.25, -0.2) is 17.2 Å². The second-order valence-corrected chi connectivity index (χ2v) is 6.54. The smallest absolute Gasteiger partial charge is 0.321 e. The predicted molar refractivity (Wildman–Crippen MR) is 71.1 cm³/mol. The zero-order chi connectivity index (χ0) is 15.3. The molecular formula is C11H13F2NO4S2. The lowest BCUT2D eigenvalue weighted by Gasteiger charge is -2.14. The highest BCUT2D eigenvalue weighted by atomic mass is 32.2. The summed E-state index contributed by atoms with van der Waals surface area (Å²) in [5.74, 6) is -3.04. The molecule has 0 radical (unpaired) electrons. The van der Waals surface area contributed by atoms with Crippen molar-refractivity contribution in [3.05, 3.63) is 29.8 Å². The molecule has 112 valence electrons. The van der Waals surface area contributed by atoms with Crippen LogP contribution in [0.4, 0.5) is 8.78 Å². The fourth-order valence-electron chi connectivity index (χ4n) is 1.40. The van der Waals surface area contributed by atoms with Gasteiger partial charge in [0.25, 0.3) is 0 Å². The molecule has 0 unspecified atom stereocenters. The minimum Gasteiger partial charge on any atom is -0.480 e. The van der Waals surface area contributed by atoms with Gasteiger partial charge in [0.2, 0.25) is 10.0 Å². The number of carboxylic acid groups (broad SMARTS) is 1. The number of halogens is 2. The van der Waals surface area contributed by atoms with Gasteiger partial charge < -0.3 is 5.11 Å². The fraction of sp³-hybridized carbons (Fsp3) is 0.364. The van der Waals surface area contributed by atoms with Gasteiger partial charge in [0.05, 0.1) is 0 Å². The Balaban J connectivity index is 3.03. The first-order valence-electron chi connectivity index (χ1n) is 5.47. The molecule has 5 nitrogen and oxygen atoms in total. The Morgan fingerprint density at radius 2 is 2.10 bits per heavy atom. The van der Waals surface area contributed by atoms with Crippen LogP contribution in [0.15, 0.2) is 23.1 Å². The van der Waals surface area contributed by atoms with E-state index in [0.717, 1.165) is 6.07 Å². The zero-order valence-electron chi connectivity index (χ0n) is 10.5. The lowest BCUT2D eigenvalue weighted by atomic mass is 10.2. The summed E-state index contributed by atoms with van der Waals surface area (Å²) in [7, 11) is -4.44. The van der Waals surface area contributed by atoms with Crippen molar-refractivity contribution in [2.75, 3.05) is 12.0 Å². The average Bonchev–Trinajstić information content (AvgIpc) is 2.36. The van der Waals surface area contributed by atoms with Gasteiger partial charge in [0.15, 0.2) is 0 Å². The summed E-state index contributed by atoms with van der Waals surface area (Å²) < 4.78 is 52.1. The van der Waals surface area contributed by atoms with Crippen LogP contribution in [-0.4, -0.2) is 37.5 Å². The second kappa shape index (κ2) is 7.00. The maximum Gasteiger partial charge on any atom is 0.321 e. The van der Waals surface area contributed by atoms with Gasteiger partial charge >= 0.3 is 5.97 Å². The van der Waals surface area contributed by atoms with Crippen LogP contribution in [0.5, 0.6) is 0 Å². The van der Waals surface area contributed by atoms with Gasteiger partial charge in [-0.05, 0) is 36.6 Å². The van der Waals surface area contributed by atoms with E-state index in [2.05, 4.69) is 0 Å². The minimum atomic E-state index is -4.44. The summed E-state index contributed by atoms with van der Waals surface area (Å²) in [6, 6.07) is 0.554. The molecule has 0 bridgehead atoms. The van der Waals surface area contributed by atoms with E-state index in [1.54, 1.807) is 6.26 Å². The molecule has 0 aliphatic rings. The van der Waals surface area contributed by atoms with Gasteiger partial charge in [0.1, 0.15) is 22.6 Å². The second-order valence-electron chi connectivity index (χ2n) is 3.87. The molecule has 0 aromatic heterocycles. The summed E-state index contributed by atoms with van der Waals surface area (Å²) >= 11 is 1.34. The molecule has 1 rings (SSSR count). The standard InChI is InChI=1S/C11H13F2NO4S2/c1-19-5-4-9(11(15)16)14-20(17,18)10-6-7(12)2-3-8(10)13/h2-3,6,9,14H,4-5H2,1H3,(H,15,16)/t9-/m0/s1. The summed E-state index contributed by atoms with van der Waals surface area (Å²) in [6.45, 7) is 0. The summed E-state index contributed by atoms with van der Waals surface area (Å²) in [4.78, 5) is 10.1. The van der Waals surface area contributed by atoms with Gasteiger partial charge in [-0.1, -0.05) is 0 Å².